The lowest BCUT2D eigenvalue weighted by atomic mass is 10.2. The molecule has 0 bridgehead atoms. The van der Waals surface area contributed by atoms with E-state index in [1.165, 1.54) is 12.8 Å². The zero-order valence-corrected chi connectivity index (χ0v) is 15.5. The Labute approximate surface area is 141 Å². The smallest absolute Gasteiger partial charge is 0.191 e. The standard InChI is InChI=1S/C15H24BrN3O2S/c1-3-4-5-10-18-15(17-2)19-11-12-22(20,21)14-8-6-13(16)7-9-14/h6-9H,3-5,10-12H2,1-2H3,(H2,17,18,19). The number of halogens is 1. The zero-order valence-electron chi connectivity index (χ0n) is 13.1. The van der Waals surface area contributed by atoms with Crippen LogP contribution in [0.1, 0.15) is 26.2 Å². The van der Waals surface area contributed by atoms with Gasteiger partial charge in [-0.3, -0.25) is 4.99 Å². The van der Waals surface area contributed by atoms with Crippen molar-refractivity contribution in [1.29, 1.82) is 0 Å². The van der Waals surface area contributed by atoms with Crippen LogP contribution in [0, 0.1) is 0 Å². The van der Waals surface area contributed by atoms with Crippen molar-refractivity contribution < 1.29 is 8.42 Å². The molecule has 2 N–H and O–H groups in total. The average Bonchev–Trinajstić information content (AvgIpc) is 2.50. The monoisotopic (exact) mass is 389 g/mol. The van der Waals surface area contributed by atoms with E-state index in [1.807, 2.05) is 0 Å². The van der Waals surface area contributed by atoms with E-state index >= 15 is 0 Å². The van der Waals surface area contributed by atoms with Crippen molar-refractivity contribution >= 4 is 31.7 Å². The number of aliphatic imine (C=N–C) groups is 1. The molecule has 0 aliphatic rings. The Balaban J connectivity index is 2.42. The van der Waals surface area contributed by atoms with Crippen molar-refractivity contribution in [2.75, 3.05) is 25.9 Å². The lowest BCUT2D eigenvalue weighted by Gasteiger charge is -2.12. The lowest BCUT2D eigenvalue weighted by Crippen LogP contribution is -2.39. The van der Waals surface area contributed by atoms with Gasteiger partial charge in [0.25, 0.3) is 0 Å². The second-order valence-corrected chi connectivity index (χ2v) is 7.93. The molecule has 0 spiro atoms. The Morgan fingerprint density at radius 3 is 2.36 bits per heavy atom. The molecule has 1 aromatic rings. The normalized spacial score (nSPS) is 12.2. The minimum Gasteiger partial charge on any atom is -0.356 e. The molecule has 1 rings (SSSR count). The van der Waals surface area contributed by atoms with E-state index in [9.17, 15) is 8.42 Å². The first-order valence-electron chi connectivity index (χ1n) is 7.42. The maximum absolute atomic E-state index is 12.2. The van der Waals surface area contributed by atoms with Crippen LogP contribution in [0.4, 0.5) is 0 Å². The fourth-order valence-electron chi connectivity index (χ4n) is 1.87. The predicted octanol–water partition coefficient (Wildman–Crippen LogP) is 2.58. The van der Waals surface area contributed by atoms with Gasteiger partial charge in [0, 0.05) is 24.6 Å². The number of sulfone groups is 1. The molecule has 124 valence electrons. The summed E-state index contributed by atoms with van der Waals surface area (Å²) in [6.07, 6.45) is 3.41. The zero-order chi connectivity index (χ0) is 16.4. The van der Waals surface area contributed by atoms with Gasteiger partial charge in [-0.15, -0.1) is 0 Å². The Morgan fingerprint density at radius 1 is 1.14 bits per heavy atom. The van der Waals surface area contributed by atoms with Gasteiger partial charge in [0.05, 0.1) is 10.6 Å². The number of guanidine groups is 1. The number of nitrogens with one attached hydrogen (secondary N) is 2. The van der Waals surface area contributed by atoms with Crippen LogP contribution in [0.25, 0.3) is 0 Å². The van der Waals surface area contributed by atoms with Crippen LogP contribution in [0.5, 0.6) is 0 Å². The summed E-state index contributed by atoms with van der Waals surface area (Å²) in [7, 11) is -1.60. The van der Waals surface area contributed by atoms with E-state index in [0.717, 1.165) is 17.4 Å². The van der Waals surface area contributed by atoms with Crippen LogP contribution in [-0.4, -0.2) is 40.3 Å². The van der Waals surface area contributed by atoms with Crippen molar-refractivity contribution in [2.45, 2.75) is 31.1 Å². The first-order chi connectivity index (χ1) is 10.5. The van der Waals surface area contributed by atoms with Crippen LogP contribution in [0.2, 0.25) is 0 Å². The molecule has 0 heterocycles. The lowest BCUT2D eigenvalue weighted by molar-refractivity contribution is 0.594. The number of hydrogen-bond donors (Lipinski definition) is 2. The highest BCUT2D eigenvalue weighted by Crippen LogP contribution is 2.15. The topological polar surface area (TPSA) is 70.6 Å². The summed E-state index contributed by atoms with van der Waals surface area (Å²) in [6, 6.07) is 6.68. The Hall–Kier alpha value is -1.08. The first-order valence-corrected chi connectivity index (χ1v) is 9.87. The van der Waals surface area contributed by atoms with E-state index in [-0.39, 0.29) is 5.75 Å². The number of rotatable bonds is 8. The fraction of sp³-hybridized carbons (Fsp3) is 0.533. The number of hydrogen-bond acceptors (Lipinski definition) is 3. The molecule has 5 nitrogen and oxygen atoms in total. The molecule has 1 aromatic carbocycles. The van der Waals surface area contributed by atoms with Gasteiger partial charge in [0.2, 0.25) is 0 Å². The highest BCUT2D eigenvalue weighted by molar-refractivity contribution is 9.10. The van der Waals surface area contributed by atoms with E-state index in [1.54, 1.807) is 31.3 Å². The molecule has 0 fully saturated rings. The highest BCUT2D eigenvalue weighted by atomic mass is 79.9. The summed E-state index contributed by atoms with van der Waals surface area (Å²) in [5.41, 5.74) is 0. The molecule has 0 saturated carbocycles. The molecule has 7 heteroatoms. The van der Waals surface area contributed by atoms with Gasteiger partial charge in [0.15, 0.2) is 15.8 Å². The van der Waals surface area contributed by atoms with Gasteiger partial charge >= 0.3 is 0 Å². The van der Waals surface area contributed by atoms with Crippen LogP contribution in [0.15, 0.2) is 38.6 Å². The Kier molecular flexibility index (Phi) is 8.48. The first kappa shape index (κ1) is 19.0. The molecule has 0 atom stereocenters. The van der Waals surface area contributed by atoms with Crippen molar-refractivity contribution in [3.63, 3.8) is 0 Å². The van der Waals surface area contributed by atoms with Gasteiger partial charge < -0.3 is 10.6 Å². The van der Waals surface area contributed by atoms with E-state index in [2.05, 4.69) is 38.5 Å². The van der Waals surface area contributed by atoms with Crippen molar-refractivity contribution in [3.8, 4) is 0 Å². The quantitative estimate of drug-likeness (QED) is 0.407. The van der Waals surface area contributed by atoms with E-state index < -0.39 is 9.84 Å². The van der Waals surface area contributed by atoms with Crippen molar-refractivity contribution in [1.82, 2.24) is 10.6 Å². The third kappa shape index (κ3) is 6.79. The summed E-state index contributed by atoms with van der Waals surface area (Å²) in [6.45, 7) is 3.32. The summed E-state index contributed by atoms with van der Waals surface area (Å²) in [5.74, 6) is 0.673. The Bertz CT molecular complexity index is 571. The number of unbranched alkanes of at least 4 members (excludes halogenated alkanes) is 2. The van der Waals surface area contributed by atoms with Gasteiger partial charge in [-0.05, 0) is 30.7 Å². The minimum absolute atomic E-state index is 0.0320. The van der Waals surface area contributed by atoms with E-state index in [0.29, 0.717) is 17.4 Å². The van der Waals surface area contributed by atoms with Crippen molar-refractivity contribution in [3.05, 3.63) is 28.7 Å². The van der Waals surface area contributed by atoms with Gasteiger partial charge in [-0.25, -0.2) is 8.42 Å². The molecule has 0 saturated heterocycles. The SMILES string of the molecule is CCCCCNC(=NC)NCCS(=O)(=O)c1ccc(Br)cc1. The second kappa shape index (κ2) is 9.84. The van der Waals surface area contributed by atoms with Gasteiger partial charge in [-0.2, -0.15) is 0 Å². The fourth-order valence-corrected chi connectivity index (χ4v) is 3.29. The third-order valence-corrected chi connectivity index (χ3v) is 5.39. The molecule has 0 amide bonds. The third-order valence-electron chi connectivity index (χ3n) is 3.13. The molecule has 0 aliphatic carbocycles. The highest BCUT2D eigenvalue weighted by Gasteiger charge is 2.14. The molecular weight excluding hydrogens is 366 g/mol. The van der Waals surface area contributed by atoms with E-state index in [4.69, 9.17) is 0 Å². The molecular formula is C15H24BrN3O2S. The molecule has 0 aromatic heterocycles. The van der Waals surface area contributed by atoms with Gasteiger partial charge in [0.1, 0.15) is 0 Å². The maximum atomic E-state index is 12.2. The van der Waals surface area contributed by atoms with Crippen LogP contribution >= 0.6 is 15.9 Å². The molecule has 0 aliphatic heterocycles. The summed E-state index contributed by atoms with van der Waals surface area (Å²) in [4.78, 5) is 4.42. The summed E-state index contributed by atoms with van der Waals surface area (Å²) >= 11 is 3.30. The maximum Gasteiger partial charge on any atom is 0.191 e. The molecule has 0 radical (unpaired) electrons. The van der Waals surface area contributed by atoms with Crippen LogP contribution in [-0.2, 0) is 9.84 Å². The molecule has 22 heavy (non-hydrogen) atoms. The summed E-state index contributed by atoms with van der Waals surface area (Å²) < 4.78 is 25.3. The summed E-state index contributed by atoms with van der Waals surface area (Å²) in [5, 5.41) is 6.21. The van der Waals surface area contributed by atoms with Crippen LogP contribution in [0.3, 0.4) is 0 Å². The van der Waals surface area contributed by atoms with Gasteiger partial charge in [-0.1, -0.05) is 35.7 Å². The Morgan fingerprint density at radius 2 is 1.77 bits per heavy atom. The average molecular weight is 390 g/mol. The molecule has 0 unspecified atom stereocenters. The van der Waals surface area contributed by atoms with Crippen LogP contribution < -0.4 is 10.6 Å². The number of nitrogens with zero attached hydrogens (tertiary/aromatic N) is 1. The second-order valence-electron chi connectivity index (χ2n) is 4.91. The van der Waals surface area contributed by atoms with Crippen molar-refractivity contribution in [2.24, 2.45) is 4.99 Å². The largest absolute Gasteiger partial charge is 0.356 e. The minimum atomic E-state index is -3.28. The number of benzene rings is 1. The predicted molar refractivity (Wildman–Crippen MR) is 95.1 cm³/mol.